The molecular formula is C25H24FNO2. The number of fused-ring (bicyclic) bond motifs is 1. The fourth-order valence-corrected chi connectivity index (χ4v) is 6.99. The molecule has 2 aromatic rings. The first-order valence-electron chi connectivity index (χ1n) is 10.7. The molecule has 2 amide bonds. The van der Waals surface area contributed by atoms with Gasteiger partial charge in [0, 0.05) is 0 Å². The van der Waals surface area contributed by atoms with E-state index < -0.39 is 5.82 Å². The highest BCUT2D eigenvalue weighted by molar-refractivity contribution is 6.34. The van der Waals surface area contributed by atoms with Crippen LogP contribution in [0, 0.1) is 30.5 Å². The molecule has 0 saturated heterocycles. The average molecular weight is 389 g/mol. The van der Waals surface area contributed by atoms with Crippen LogP contribution in [0.4, 0.5) is 10.1 Å². The van der Waals surface area contributed by atoms with Crippen LogP contribution in [0.3, 0.4) is 0 Å². The molecule has 0 spiro atoms. The SMILES string of the molecule is Cc1ccc(N2C(=O)c3ccc(C45CC6CC(CC(C6)C4)C5)cc3C2=O)cc1F. The zero-order valence-electron chi connectivity index (χ0n) is 16.6. The third-order valence-electron chi connectivity index (χ3n) is 7.95. The molecule has 0 radical (unpaired) electrons. The van der Waals surface area contributed by atoms with Crippen LogP contribution in [0.2, 0.25) is 0 Å². The predicted octanol–water partition coefficient (Wildman–Crippen LogP) is 5.40. The Bertz CT molecular complexity index is 1040. The number of carbonyl (C=O) groups is 2. The Morgan fingerprint density at radius 3 is 2.10 bits per heavy atom. The van der Waals surface area contributed by atoms with Gasteiger partial charge in [0.2, 0.25) is 0 Å². The summed E-state index contributed by atoms with van der Waals surface area (Å²) in [7, 11) is 0. The van der Waals surface area contributed by atoms with Gasteiger partial charge in [0.1, 0.15) is 5.82 Å². The zero-order valence-corrected chi connectivity index (χ0v) is 16.6. The Balaban J connectivity index is 1.39. The molecule has 4 bridgehead atoms. The van der Waals surface area contributed by atoms with Crippen molar-refractivity contribution in [2.75, 3.05) is 4.90 Å². The normalized spacial score (nSPS) is 32.2. The van der Waals surface area contributed by atoms with Crippen LogP contribution in [0.1, 0.15) is 70.4 Å². The second-order valence-electron chi connectivity index (χ2n) is 9.84. The van der Waals surface area contributed by atoms with E-state index in [1.165, 1.54) is 50.2 Å². The molecule has 4 saturated carbocycles. The number of anilines is 1. The van der Waals surface area contributed by atoms with E-state index >= 15 is 0 Å². The number of rotatable bonds is 2. The zero-order chi connectivity index (χ0) is 19.9. The molecule has 148 valence electrons. The van der Waals surface area contributed by atoms with Crippen molar-refractivity contribution in [2.45, 2.75) is 50.9 Å². The molecule has 3 nitrogen and oxygen atoms in total. The third-order valence-corrected chi connectivity index (χ3v) is 7.95. The minimum atomic E-state index is -0.409. The van der Waals surface area contributed by atoms with Crippen LogP contribution < -0.4 is 4.90 Å². The first kappa shape index (κ1) is 17.4. The van der Waals surface area contributed by atoms with E-state index in [2.05, 4.69) is 6.07 Å². The number of imide groups is 1. The van der Waals surface area contributed by atoms with E-state index in [1.54, 1.807) is 19.1 Å². The molecular weight excluding hydrogens is 365 g/mol. The highest BCUT2D eigenvalue weighted by Crippen LogP contribution is 2.60. The van der Waals surface area contributed by atoms with Crippen molar-refractivity contribution in [3.63, 3.8) is 0 Å². The Morgan fingerprint density at radius 1 is 0.862 bits per heavy atom. The van der Waals surface area contributed by atoms with E-state index in [1.807, 2.05) is 12.1 Å². The summed E-state index contributed by atoms with van der Waals surface area (Å²) in [5, 5.41) is 0. The van der Waals surface area contributed by atoms with Gasteiger partial charge in [0.25, 0.3) is 11.8 Å². The monoisotopic (exact) mass is 389 g/mol. The Labute approximate surface area is 169 Å². The maximum absolute atomic E-state index is 14.1. The van der Waals surface area contributed by atoms with Crippen LogP contribution >= 0.6 is 0 Å². The smallest absolute Gasteiger partial charge is 0.266 e. The predicted molar refractivity (Wildman–Crippen MR) is 109 cm³/mol. The van der Waals surface area contributed by atoms with Crippen molar-refractivity contribution in [3.8, 4) is 0 Å². The number of aryl methyl sites for hydroxylation is 1. The lowest BCUT2D eigenvalue weighted by Crippen LogP contribution is -2.48. The van der Waals surface area contributed by atoms with Crippen LogP contribution in [0.5, 0.6) is 0 Å². The number of nitrogens with zero attached hydrogens (tertiary/aromatic N) is 1. The molecule has 5 aliphatic rings. The summed E-state index contributed by atoms with van der Waals surface area (Å²) >= 11 is 0. The second kappa shape index (κ2) is 5.78. The molecule has 0 unspecified atom stereocenters. The molecule has 1 heterocycles. The minimum absolute atomic E-state index is 0.177. The van der Waals surface area contributed by atoms with Gasteiger partial charge in [-0.15, -0.1) is 0 Å². The summed E-state index contributed by atoms with van der Waals surface area (Å²) < 4.78 is 14.1. The van der Waals surface area contributed by atoms with Gasteiger partial charge in [-0.1, -0.05) is 12.1 Å². The van der Waals surface area contributed by atoms with E-state index in [0.29, 0.717) is 22.4 Å². The van der Waals surface area contributed by atoms with Gasteiger partial charge < -0.3 is 0 Å². The summed E-state index contributed by atoms with van der Waals surface area (Å²) in [6.45, 7) is 1.67. The maximum Gasteiger partial charge on any atom is 0.266 e. The van der Waals surface area contributed by atoms with E-state index in [0.717, 1.165) is 22.7 Å². The minimum Gasteiger partial charge on any atom is -0.268 e. The van der Waals surface area contributed by atoms with E-state index in [4.69, 9.17) is 0 Å². The average Bonchev–Trinajstić information content (AvgIpc) is 2.93. The summed E-state index contributed by atoms with van der Waals surface area (Å²) in [5.41, 5.74) is 3.11. The molecule has 2 aromatic carbocycles. The second-order valence-corrected chi connectivity index (χ2v) is 9.84. The van der Waals surface area contributed by atoms with Crippen molar-refractivity contribution in [1.82, 2.24) is 0 Å². The van der Waals surface area contributed by atoms with Crippen molar-refractivity contribution in [1.29, 1.82) is 0 Å². The highest BCUT2D eigenvalue weighted by atomic mass is 19.1. The number of carbonyl (C=O) groups excluding carboxylic acids is 2. The van der Waals surface area contributed by atoms with E-state index in [9.17, 15) is 14.0 Å². The van der Waals surface area contributed by atoms with Crippen LogP contribution in [0.25, 0.3) is 0 Å². The summed E-state index contributed by atoms with van der Waals surface area (Å²) in [6.07, 6.45) is 7.75. The van der Waals surface area contributed by atoms with Gasteiger partial charge in [0.05, 0.1) is 16.8 Å². The summed E-state index contributed by atoms with van der Waals surface area (Å²) in [5.74, 6) is 1.36. The van der Waals surface area contributed by atoms with Crippen LogP contribution in [0.15, 0.2) is 36.4 Å². The fourth-order valence-electron chi connectivity index (χ4n) is 6.99. The van der Waals surface area contributed by atoms with Crippen molar-refractivity contribution < 1.29 is 14.0 Å². The Kier molecular flexibility index (Phi) is 3.46. The molecule has 0 atom stereocenters. The largest absolute Gasteiger partial charge is 0.268 e. The molecule has 7 rings (SSSR count). The van der Waals surface area contributed by atoms with Gasteiger partial charge >= 0.3 is 0 Å². The van der Waals surface area contributed by atoms with Crippen molar-refractivity contribution in [3.05, 3.63) is 64.5 Å². The molecule has 1 aliphatic heterocycles. The molecule has 0 aromatic heterocycles. The van der Waals surface area contributed by atoms with Crippen LogP contribution in [-0.2, 0) is 5.41 Å². The quantitative estimate of drug-likeness (QED) is 0.645. The number of amides is 2. The number of halogens is 1. The number of hydrogen-bond acceptors (Lipinski definition) is 2. The third kappa shape index (κ3) is 2.41. The highest BCUT2D eigenvalue weighted by Gasteiger charge is 2.52. The van der Waals surface area contributed by atoms with Gasteiger partial charge in [-0.05, 0) is 104 Å². The molecule has 4 heteroatoms. The van der Waals surface area contributed by atoms with Gasteiger partial charge in [-0.3, -0.25) is 9.59 Å². The van der Waals surface area contributed by atoms with Gasteiger partial charge in [-0.2, -0.15) is 0 Å². The van der Waals surface area contributed by atoms with E-state index in [-0.39, 0.29) is 17.2 Å². The Hall–Kier alpha value is -2.49. The molecule has 0 N–H and O–H groups in total. The number of hydrogen-bond donors (Lipinski definition) is 0. The van der Waals surface area contributed by atoms with Gasteiger partial charge in [0.15, 0.2) is 0 Å². The first-order valence-corrected chi connectivity index (χ1v) is 10.7. The molecule has 4 fully saturated rings. The molecule has 4 aliphatic carbocycles. The fraction of sp³-hybridized carbons (Fsp3) is 0.440. The van der Waals surface area contributed by atoms with Gasteiger partial charge in [-0.25, -0.2) is 9.29 Å². The lowest BCUT2D eigenvalue weighted by atomic mass is 9.48. The topological polar surface area (TPSA) is 37.4 Å². The lowest BCUT2D eigenvalue weighted by Gasteiger charge is -2.57. The van der Waals surface area contributed by atoms with Crippen molar-refractivity contribution in [2.24, 2.45) is 17.8 Å². The standard InChI is InChI=1S/C25H24FNO2/c1-14-2-4-19(10-22(14)26)27-23(28)20-5-3-18(9-21(20)24(27)29)25-11-15-6-16(12-25)8-17(7-15)13-25/h2-5,9-10,15-17H,6-8,11-13H2,1H3. The summed E-state index contributed by atoms with van der Waals surface area (Å²) in [4.78, 5) is 27.2. The number of benzene rings is 2. The van der Waals surface area contributed by atoms with Crippen molar-refractivity contribution >= 4 is 17.5 Å². The Morgan fingerprint density at radius 2 is 1.48 bits per heavy atom. The maximum atomic E-state index is 14.1. The first-order chi connectivity index (χ1) is 13.9. The molecule has 29 heavy (non-hydrogen) atoms. The summed E-state index contributed by atoms with van der Waals surface area (Å²) in [6, 6.07) is 10.4. The lowest BCUT2D eigenvalue weighted by molar-refractivity contribution is -0.00520. The van der Waals surface area contributed by atoms with Crippen LogP contribution in [-0.4, -0.2) is 11.8 Å².